The number of rotatable bonds is 2. The van der Waals surface area contributed by atoms with Crippen LogP contribution in [0.5, 0.6) is 0 Å². The van der Waals surface area contributed by atoms with Crippen LogP contribution in [0.2, 0.25) is 0 Å². The van der Waals surface area contributed by atoms with Crippen molar-refractivity contribution in [2.24, 2.45) is 7.05 Å². The van der Waals surface area contributed by atoms with E-state index in [2.05, 4.69) is 18.6 Å². The minimum absolute atomic E-state index is 0.922. The van der Waals surface area contributed by atoms with Crippen LogP contribution in [-0.2, 0) is 13.5 Å². The Bertz CT molecular complexity index is 271. The Morgan fingerprint density at radius 1 is 1.55 bits per heavy atom. The monoisotopic (exact) mass is 150 g/mol. The molecule has 0 aliphatic heterocycles. The van der Waals surface area contributed by atoms with E-state index in [0.29, 0.717) is 0 Å². The topological polar surface area (TPSA) is 17.8 Å². The quantitative estimate of drug-likeness (QED) is 0.587. The van der Waals surface area contributed by atoms with Gasteiger partial charge in [-0.05, 0) is 25.8 Å². The molecule has 0 aliphatic rings. The Kier molecular flexibility index (Phi) is 2.13. The van der Waals surface area contributed by atoms with Gasteiger partial charge < -0.3 is 0 Å². The lowest BCUT2D eigenvalue weighted by Gasteiger charge is -1.95. The minimum atomic E-state index is 0.922. The molecule has 60 valence electrons. The molecule has 0 radical (unpaired) electrons. The second kappa shape index (κ2) is 2.91. The number of aromatic nitrogens is 2. The van der Waals surface area contributed by atoms with Crippen LogP contribution in [0, 0.1) is 13.8 Å². The van der Waals surface area contributed by atoms with E-state index in [1.54, 1.807) is 0 Å². The van der Waals surface area contributed by atoms with E-state index in [1.807, 2.05) is 24.7 Å². The van der Waals surface area contributed by atoms with Gasteiger partial charge in [-0.3, -0.25) is 4.68 Å². The lowest BCUT2D eigenvalue weighted by atomic mass is 10.1. The average molecular weight is 150 g/mol. The highest BCUT2D eigenvalue weighted by Gasteiger charge is 2.05. The fourth-order valence-corrected chi connectivity index (χ4v) is 1.26. The van der Waals surface area contributed by atoms with Crippen molar-refractivity contribution in [1.82, 2.24) is 9.78 Å². The van der Waals surface area contributed by atoms with Gasteiger partial charge in [-0.1, -0.05) is 6.08 Å². The van der Waals surface area contributed by atoms with Crippen LogP contribution in [0.15, 0.2) is 12.7 Å². The highest BCUT2D eigenvalue weighted by Crippen LogP contribution is 2.12. The summed E-state index contributed by atoms with van der Waals surface area (Å²) >= 11 is 0. The first-order valence-corrected chi connectivity index (χ1v) is 3.76. The summed E-state index contributed by atoms with van der Waals surface area (Å²) in [6.45, 7) is 7.83. The van der Waals surface area contributed by atoms with Gasteiger partial charge in [0.25, 0.3) is 0 Å². The van der Waals surface area contributed by atoms with Crippen LogP contribution >= 0.6 is 0 Å². The molecule has 0 spiro atoms. The molecular formula is C9H14N2. The molecule has 0 saturated carbocycles. The lowest BCUT2D eigenvalue weighted by molar-refractivity contribution is 0.730. The molecule has 0 N–H and O–H groups in total. The van der Waals surface area contributed by atoms with E-state index in [9.17, 15) is 0 Å². The van der Waals surface area contributed by atoms with Crippen molar-refractivity contribution < 1.29 is 0 Å². The predicted molar refractivity (Wildman–Crippen MR) is 46.6 cm³/mol. The van der Waals surface area contributed by atoms with Crippen molar-refractivity contribution in [3.8, 4) is 0 Å². The van der Waals surface area contributed by atoms with Crippen LogP contribution in [0.1, 0.15) is 17.0 Å². The third-order valence-corrected chi connectivity index (χ3v) is 2.01. The van der Waals surface area contributed by atoms with Gasteiger partial charge in [-0.25, -0.2) is 0 Å². The second-order valence-electron chi connectivity index (χ2n) is 2.77. The molecule has 2 heteroatoms. The van der Waals surface area contributed by atoms with Crippen molar-refractivity contribution in [2.75, 3.05) is 0 Å². The molecule has 1 rings (SSSR count). The maximum absolute atomic E-state index is 4.30. The molecule has 0 aliphatic carbocycles. The predicted octanol–water partition coefficient (Wildman–Crippen LogP) is 1.77. The standard InChI is InChI=1S/C9H14N2/c1-5-6-9-7(2)10-11(4)8(9)3/h5H,1,6H2,2-4H3. The summed E-state index contributed by atoms with van der Waals surface area (Å²) in [5, 5.41) is 4.30. The van der Waals surface area contributed by atoms with Gasteiger partial charge >= 0.3 is 0 Å². The first-order chi connectivity index (χ1) is 5.16. The molecule has 11 heavy (non-hydrogen) atoms. The highest BCUT2D eigenvalue weighted by atomic mass is 15.3. The van der Waals surface area contributed by atoms with E-state index in [4.69, 9.17) is 0 Å². The summed E-state index contributed by atoms with van der Waals surface area (Å²) in [7, 11) is 1.97. The highest BCUT2D eigenvalue weighted by molar-refractivity contribution is 5.26. The van der Waals surface area contributed by atoms with Gasteiger partial charge in [0.2, 0.25) is 0 Å². The Hall–Kier alpha value is -1.05. The van der Waals surface area contributed by atoms with Crippen LogP contribution < -0.4 is 0 Å². The maximum Gasteiger partial charge on any atom is 0.0631 e. The largest absolute Gasteiger partial charge is 0.272 e. The van der Waals surface area contributed by atoms with E-state index in [-0.39, 0.29) is 0 Å². The summed E-state index contributed by atoms with van der Waals surface area (Å²) in [5.74, 6) is 0. The SMILES string of the molecule is C=CCc1c(C)nn(C)c1C. The van der Waals surface area contributed by atoms with Gasteiger partial charge in [-0.15, -0.1) is 6.58 Å². The molecule has 0 atom stereocenters. The number of hydrogen-bond donors (Lipinski definition) is 0. The molecule has 0 bridgehead atoms. The molecule has 0 saturated heterocycles. The van der Waals surface area contributed by atoms with Gasteiger partial charge in [0.05, 0.1) is 5.69 Å². The van der Waals surface area contributed by atoms with Gasteiger partial charge in [-0.2, -0.15) is 5.10 Å². The zero-order chi connectivity index (χ0) is 8.43. The van der Waals surface area contributed by atoms with E-state index in [1.165, 1.54) is 11.3 Å². The molecule has 0 fully saturated rings. The smallest absolute Gasteiger partial charge is 0.0631 e. The van der Waals surface area contributed by atoms with E-state index >= 15 is 0 Å². The first kappa shape index (κ1) is 8.05. The summed E-state index contributed by atoms with van der Waals surface area (Å²) in [6.07, 6.45) is 2.84. The molecule has 1 aromatic rings. The van der Waals surface area contributed by atoms with Crippen molar-refractivity contribution in [2.45, 2.75) is 20.3 Å². The van der Waals surface area contributed by atoms with Gasteiger partial charge in [0.15, 0.2) is 0 Å². The lowest BCUT2D eigenvalue weighted by Crippen LogP contribution is -1.93. The fraction of sp³-hybridized carbons (Fsp3) is 0.444. The van der Waals surface area contributed by atoms with Crippen LogP contribution in [-0.4, -0.2) is 9.78 Å². The number of allylic oxidation sites excluding steroid dienone is 1. The summed E-state index contributed by atoms with van der Waals surface area (Å²) in [6, 6.07) is 0. The fourth-order valence-electron chi connectivity index (χ4n) is 1.26. The number of hydrogen-bond acceptors (Lipinski definition) is 1. The summed E-state index contributed by atoms with van der Waals surface area (Å²) < 4.78 is 1.91. The number of nitrogens with zero attached hydrogens (tertiary/aromatic N) is 2. The second-order valence-corrected chi connectivity index (χ2v) is 2.77. The van der Waals surface area contributed by atoms with Crippen molar-refractivity contribution >= 4 is 0 Å². The van der Waals surface area contributed by atoms with Gasteiger partial charge in [0.1, 0.15) is 0 Å². The summed E-state index contributed by atoms with van der Waals surface area (Å²) in [4.78, 5) is 0. The van der Waals surface area contributed by atoms with Crippen LogP contribution in [0.4, 0.5) is 0 Å². The molecule has 0 unspecified atom stereocenters. The Labute approximate surface area is 67.5 Å². The third kappa shape index (κ3) is 1.34. The van der Waals surface area contributed by atoms with Crippen molar-refractivity contribution in [3.05, 3.63) is 29.6 Å². The zero-order valence-corrected chi connectivity index (χ0v) is 7.39. The van der Waals surface area contributed by atoms with Gasteiger partial charge in [0, 0.05) is 12.7 Å². The zero-order valence-electron chi connectivity index (χ0n) is 7.39. The molecule has 2 nitrogen and oxygen atoms in total. The Morgan fingerprint density at radius 2 is 2.18 bits per heavy atom. The molecule has 1 aromatic heterocycles. The number of aryl methyl sites for hydroxylation is 2. The maximum atomic E-state index is 4.30. The third-order valence-electron chi connectivity index (χ3n) is 2.01. The normalized spacial score (nSPS) is 10.1. The molecular weight excluding hydrogens is 136 g/mol. The van der Waals surface area contributed by atoms with Crippen molar-refractivity contribution in [1.29, 1.82) is 0 Å². The molecule has 1 heterocycles. The van der Waals surface area contributed by atoms with Crippen molar-refractivity contribution in [3.63, 3.8) is 0 Å². The first-order valence-electron chi connectivity index (χ1n) is 3.76. The van der Waals surface area contributed by atoms with E-state index in [0.717, 1.165) is 12.1 Å². The van der Waals surface area contributed by atoms with E-state index < -0.39 is 0 Å². The Balaban J connectivity index is 3.11. The Morgan fingerprint density at radius 3 is 2.55 bits per heavy atom. The summed E-state index contributed by atoms with van der Waals surface area (Å²) in [5.41, 5.74) is 3.66. The van der Waals surface area contributed by atoms with Crippen LogP contribution in [0.25, 0.3) is 0 Å². The minimum Gasteiger partial charge on any atom is -0.272 e. The van der Waals surface area contributed by atoms with Crippen LogP contribution in [0.3, 0.4) is 0 Å². The molecule has 0 amide bonds. The average Bonchev–Trinajstić information content (AvgIpc) is 2.17. The molecule has 0 aromatic carbocycles.